The third-order valence-corrected chi connectivity index (χ3v) is 4.44. The Morgan fingerprint density at radius 3 is 2.25 bits per heavy atom. The molecule has 0 fully saturated rings. The third-order valence-electron chi connectivity index (χ3n) is 4.20. The van der Waals surface area contributed by atoms with Crippen LogP contribution in [0, 0.1) is 0 Å². The monoisotopic (exact) mass is 393 g/mol. The molecule has 1 N–H and O–H groups in total. The van der Waals surface area contributed by atoms with Gasteiger partial charge in [0.25, 0.3) is 5.91 Å². The van der Waals surface area contributed by atoms with Crippen molar-refractivity contribution in [3.63, 3.8) is 0 Å². The molecule has 0 heterocycles. The summed E-state index contributed by atoms with van der Waals surface area (Å²) in [5, 5.41) is 3.17. The summed E-state index contributed by atoms with van der Waals surface area (Å²) in [4.78, 5) is 24.2. The van der Waals surface area contributed by atoms with Gasteiger partial charge >= 0.3 is 0 Å². The van der Waals surface area contributed by atoms with Crippen molar-refractivity contribution in [1.82, 2.24) is 5.32 Å². The first-order valence-corrected chi connectivity index (χ1v) is 9.30. The Hall–Kier alpha value is -3.11. The van der Waals surface area contributed by atoms with Gasteiger partial charge in [-0.05, 0) is 35.7 Å². The smallest absolute Gasteiger partial charge is 0.255 e. The topological polar surface area (TPSA) is 55.4 Å². The molecule has 0 saturated carbocycles. The number of amides is 1. The number of ether oxygens (including phenoxy) is 1. The van der Waals surface area contributed by atoms with E-state index in [0.717, 1.165) is 17.4 Å². The fourth-order valence-electron chi connectivity index (χ4n) is 2.79. The van der Waals surface area contributed by atoms with Gasteiger partial charge in [0.05, 0.1) is 11.6 Å². The largest absolute Gasteiger partial charge is 0.488 e. The molecule has 1 amide bonds. The van der Waals surface area contributed by atoms with Crippen molar-refractivity contribution in [3.8, 4) is 5.75 Å². The minimum atomic E-state index is -0.643. The number of hydrogen-bond donors (Lipinski definition) is 1. The molecule has 0 aliphatic rings. The van der Waals surface area contributed by atoms with E-state index in [9.17, 15) is 9.59 Å². The number of rotatable bonds is 8. The van der Waals surface area contributed by atoms with E-state index in [0.29, 0.717) is 29.4 Å². The van der Waals surface area contributed by atoms with Crippen LogP contribution in [-0.2, 0) is 17.8 Å². The molecule has 3 aromatic rings. The van der Waals surface area contributed by atoms with E-state index in [-0.39, 0.29) is 0 Å². The lowest BCUT2D eigenvalue weighted by Gasteiger charge is -2.16. The molecule has 0 radical (unpaired) electrons. The van der Waals surface area contributed by atoms with Crippen LogP contribution >= 0.6 is 11.6 Å². The second kappa shape index (κ2) is 9.72. The van der Waals surface area contributed by atoms with Gasteiger partial charge in [0.15, 0.2) is 0 Å². The lowest BCUT2D eigenvalue weighted by atomic mass is 10.1. The number of carbonyl (C=O) groups is 2. The summed E-state index contributed by atoms with van der Waals surface area (Å²) in [5.41, 5.74) is 2.24. The zero-order valence-electron chi connectivity index (χ0n) is 15.2. The summed E-state index contributed by atoms with van der Waals surface area (Å²) in [6.07, 6.45) is 1.15. The molecule has 142 valence electrons. The van der Waals surface area contributed by atoms with Crippen molar-refractivity contribution in [2.75, 3.05) is 0 Å². The van der Waals surface area contributed by atoms with Gasteiger partial charge in [-0.1, -0.05) is 72.3 Å². The molecule has 28 heavy (non-hydrogen) atoms. The lowest BCUT2D eigenvalue weighted by molar-refractivity contribution is -0.109. The molecule has 3 rings (SSSR count). The molecule has 0 spiro atoms. The molecule has 5 heteroatoms. The van der Waals surface area contributed by atoms with Crippen LogP contribution in [0.4, 0.5) is 0 Å². The van der Waals surface area contributed by atoms with Crippen LogP contribution in [0.1, 0.15) is 21.5 Å². The maximum Gasteiger partial charge on any atom is 0.255 e. The van der Waals surface area contributed by atoms with Crippen LogP contribution in [0.15, 0.2) is 78.9 Å². The normalized spacial score (nSPS) is 11.5. The van der Waals surface area contributed by atoms with Gasteiger partial charge in [0.1, 0.15) is 18.6 Å². The summed E-state index contributed by atoms with van der Waals surface area (Å²) in [6.45, 7) is 0.323. The molecule has 0 aromatic heterocycles. The minimum absolute atomic E-state index is 0.295. The van der Waals surface area contributed by atoms with Crippen molar-refractivity contribution in [1.29, 1.82) is 0 Å². The third kappa shape index (κ3) is 5.44. The van der Waals surface area contributed by atoms with E-state index in [1.54, 1.807) is 18.2 Å². The molecule has 0 saturated heterocycles. The zero-order chi connectivity index (χ0) is 19.8. The minimum Gasteiger partial charge on any atom is -0.488 e. The van der Waals surface area contributed by atoms with Crippen molar-refractivity contribution in [2.45, 2.75) is 19.1 Å². The quantitative estimate of drug-likeness (QED) is 0.575. The van der Waals surface area contributed by atoms with Gasteiger partial charge in [0.2, 0.25) is 0 Å². The number of carbonyl (C=O) groups excluding carboxylic acids is 2. The summed E-state index contributed by atoms with van der Waals surface area (Å²) >= 11 is 6.07. The van der Waals surface area contributed by atoms with Gasteiger partial charge in [0, 0.05) is 5.02 Å². The SMILES string of the molecule is O=C[C@H](Cc1ccccc1)NC(=O)c1cc(Cl)ccc1OCc1ccccc1. The van der Waals surface area contributed by atoms with Crippen molar-refractivity contribution < 1.29 is 14.3 Å². The van der Waals surface area contributed by atoms with Crippen LogP contribution in [0.2, 0.25) is 5.02 Å². The van der Waals surface area contributed by atoms with E-state index in [1.165, 1.54) is 0 Å². The van der Waals surface area contributed by atoms with Gasteiger partial charge in [-0.25, -0.2) is 0 Å². The summed E-state index contributed by atoms with van der Waals surface area (Å²) in [6, 6.07) is 23.4. The first kappa shape index (κ1) is 19.6. The molecule has 3 aromatic carbocycles. The second-order valence-corrected chi connectivity index (χ2v) is 6.76. The molecular weight excluding hydrogens is 374 g/mol. The van der Waals surface area contributed by atoms with Gasteiger partial charge in [-0.2, -0.15) is 0 Å². The first-order chi connectivity index (χ1) is 13.7. The average molecular weight is 394 g/mol. The van der Waals surface area contributed by atoms with E-state index in [4.69, 9.17) is 16.3 Å². The van der Waals surface area contributed by atoms with Crippen LogP contribution in [0.25, 0.3) is 0 Å². The highest BCUT2D eigenvalue weighted by molar-refractivity contribution is 6.31. The first-order valence-electron chi connectivity index (χ1n) is 8.92. The van der Waals surface area contributed by atoms with Crippen LogP contribution in [0.5, 0.6) is 5.75 Å². The predicted octanol–water partition coefficient (Wildman–Crippen LogP) is 4.46. The molecule has 4 nitrogen and oxygen atoms in total. The van der Waals surface area contributed by atoms with Gasteiger partial charge < -0.3 is 14.8 Å². The molecule has 1 atom stereocenters. The summed E-state index contributed by atoms with van der Waals surface area (Å²) in [5.74, 6) is 0.00806. The van der Waals surface area contributed by atoms with E-state index in [2.05, 4.69) is 5.32 Å². The Morgan fingerprint density at radius 2 is 1.61 bits per heavy atom. The number of aldehydes is 1. The van der Waals surface area contributed by atoms with E-state index < -0.39 is 11.9 Å². The lowest BCUT2D eigenvalue weighted by Crippen LogP contribution is -2.37. The van der Waals surface area contributed by atoms with E-state index in [1.807, 2.05) is 60.7 Å². The fraction of sp³-hybridized carbons (Fsp3) is 0.130. The van der Waals surface area contributed by atoms with Crippen molar-refractivity contribution >= 4 is 23.8 Å². The molecule has 0 aliphatic heterocycles. The maximum atomic E-state index is 12.8. The maximum absolute atomic E-state index is 12.8. The zero-order valence-corrected chi connectivity index (χ0v) is 15.9. The van der Waals surface area contributed by atoms with E-state index >= 15 is 0 Å². The number of hydrogen-bond acceptors (Lipinski definition) is 3. The number of halogens is 1. The van der Waals surface area contributed by atoms with Crippen molar-refractivity contribution in [2.24, 2.45) is 0 Å². The Morgan fingerprint density at radius 1 is 0.964 bits per heavy atom. The highest BCUT2D eigenvalue weighted by atomic mass is 35.5. The van der Waals surface area contributed by atoms with Gasteiger partial charge in [-0.3, -0.25) is 4.79 Å². The highest BCUT2D eigenvalue weighted by Gasteiger charge is 2.18. The predicted molar refractivity (Wildman–Crippen MR) is 110 cm³/mol. The van der Waals surface area contributed by atoms with Crippen LogP contribution < -0.4 is 10.1 Å². The Kier molecular flexibility index (Phi) is 6.82. The van der Waals surface area contributed by atoms with Crippen LogP contribution in [0.3, 0.4) is 0 Å². The molecular formula is C23H20ClNO3. The molecule has 0 aliphatic carbocycles. The molecule has 0 unspecified atom stereocenters. The Bertz CT molecular complexity index is 929. The summed E-state index contributed by atoms with van der Waals surface area (Å²) in [7, 11) is 0. The summed E-state index contributed by atoms with van der Waals surface area (Å²) < 4.78 is 5.83. The fourth-order valence-corrected chi connectivity index (χ4v) is 2.96. The Balaban J connectivity index is 1.72. The standard InChI is InChI=1S/C23H20ClNO3/c24-19-11-12-22(28-16-18-9-5-2-6-10-18)21(14-19)23(27)25-20(15-26)13-17-7-3-1-4-8-17/h1-12,14-15,20H,13,16H2,(H,25,27)/t20-/m0/s1. The number of benzene rings is 3. The molecule has 0 bridgehead atoms. The number of nitrogens with one attached hydrogen (secondary N) is 1. The highest BCUT2D eigenvalue weighted by Crippen LogP contribution is 2.24. The van der Waals surface area contributed by atoms with Crippen LogP contribution in [-0.4, -0.2) is 18.2 Å². The second-order valence-electron chi connectivity index (χ2n) is 6.32. The Labute approximate surface area is 169 Å². The van der Waals surface area contributed by atoms with Gasteiger partial charge in [-0.15, -0.1) is 0 Å². The van der Waals surface area contributed by atoms with Crippen molar-refractivity contribution in [3.05, 3.63) is 101 Å². The average Bonchev–Trinajstić information content (AvgIpc) is 2.73.